The number of alkyl halides is 2. The van der Waals surface area contributed by atoms with Gasteiger partial charge in [0.25, 0.3) is 0 Å². The predicted octanol–water partition coefficient (Wildman–Crippen LogP) is 2.73. The number of hydrogen-bond donors (Lipinski definition) is 3. The number of carbonyl (C=O) groups is 2. The summed E-state index contributed by atoms with van der Waals surface area (Å²) in [5, 5.41) is 11.9. The van der Waals surface area contributed by atoms with Gasteiger partial charge in [-0.2, -0.15) is 0 Å². The van der Waals surface area contributed by atoms with Gasteiger partial charge >= 0.3 is 5.97 Å². The molecule has 0 saturated heterocycles. The first-order valence-corrected chi connectivity index (χ1v) is 9.03. The second kappa shape index (κ2) is 8.65. The van der Waals surface area contributed by atoms with E-state index in [4.69, 9.17) is 17.3 Å². The summed E-state index contributed by atoms with van der Waals surface area (Å²) >= 11 is 9.46. The molecular weight excluding hydrogens is 408 g/mol. The van der Waals surface area contributed by atoms with E-state index >= 15 is 0 Å². The van der Waals surface area contributed by atoms with Crippen molar-refractivity contribution in [2.24, 2.45) is 5.73 Å². The van der Waals surface area contributed by atoms with E-state index in [1.54, 1.807) is 12.2 Å². The van der Waals surface area contributed by atoms with Crippen LogP contribution in [0.1, 0.15) is 18.4 Å². The molecule has 1 aromatic carbocycles. The number of nitrogens with one attached hydrogen (secondary N) is 1. The van der Waals surface area contributed by atoms with Crippen LogP contribution in [0.2, 0.25) is 0 Å². The van der Waals surface area contributed by atoms with Gasteiger partial charge in [0.15, 0.2) is 0 Å². The Bertz CT molecular complexity index is 689. The normalized spacial score (nSPS) is 22.0. The lowest BCUT2D eigenvalue weighted by Gasteiger charge is -2.22. The third-order valence-corrected chi connectivity index (χ3v) is 4.74. The first-order chi connectivity index (χ1) is 11.8. The topological polar surface area (TPSA) is 92.4 Å². The first-order valence-electron chi connectivity index (χ1n) is 7.85. The molecule has 0 heterocycles. The second-order valence-corrected chi connectivity index (χ2v) is 8.52. The van der Waals surface area contributed by atoms with Gasteiger partial charge in [-0.15, -0.1) is 11.6 Å². The van der Waals surface area contributed by atoms with Crippen LogP contribution >= 0.6 is 27.5 Å². The van der Waals surface area contributed by atoms with Crippen LogP contribution in [-0.4, -0.2) is 32.9 Å². The van der Waals surface area contributed by atoms with Crippen LogP contribution in [0.3, 0.4) is 0 Å². The van der Waals surface area contributed by atoms with E-state index < -0.39 is 27.7 Å². The molecule has 134 valence electrons. The van der Waals surface area contributed by atoms with Crippen molar-refractivity contribution in [3.8, 4) is 0 Å². The monoisotopic (exact) mass is 426 g/mol. The highest BCUT2D eigenvalue weighted by molar-refractivity contribution is 9.10. The lowest BCUT2D eigenvalue weighted by molar-refractivity contribution is -0.141. The van der Waals surface area contributed by atoms with E-state index in [-0.39, 0.29) is 6.42 Å². The summed E-state index contributed by atoms with van der Waals surface area (Å²) < 4.78 is -0.628. The largest absolute Gasteiger partial charge is 0.480 e. The highest BCUT2D eigenvalue weighted by Gasteiger charge is 2.26. The number of carbonyl (C=O) groups excluding carboxylic acids is 1. The maximum absolute atomic E-state index is 12.2. The Balaban J connectivity index is 1.94. The third-order valence-electron chi connectivity index (χ3n) is 3.87. The fourth-order valence-corrected chi connectivity index (χ4v) is 2.89. The Morgan fingerprint density at radius 2 is 2.00 bits per heavy atom. The number of carboxylic acids is 1. The van der Waals surface area contributed by atoms with Crippen LogP contribution < -0.4 is 11.1 Å². The van der Waals surface area contributed by atoms with Crippen molar-refractivity contribution < 1.29 is 14.7 Å². The number of hydrogen-bond acceptors (Lipinski definition) is 3. The van der Waals surface area contributed by atoms with E-state index in [0.29, 0.717) is 12.8 Å². The van der Waals surface area contributed by atoms with Crippen molar-refractivity contribution in [2.75, 3.05) is 0 Å². The van der Waals surface area contributed by atoms with Crippen LogP contribution in [0, 0.1) is 0 Å². The van der Waals surface area contributed by atoms with Gasteiger partial charge in [0, 0.05) is 6.42 Å². The minimum Gasteiger partial charge on any atom is -0.480 e. The average molecular weight is 428 g/mol. The summed E-state index contributed by atoms with van der Waals surface area (Å²) in [7, 11) is 0. The SMILES string of the molecule is N[C@@H](Cc1ccccc1)C(=O)N[C@@H](CC1=CCC(Cl)(Br)C=C1)C(=O)O. The number of rotatable bonds is 7. The number of aliphatic carboxylic acids is 1. The molecule has 5 nitrogen and oxygen atoms in total. The Labute approximate surface area is 160 Å². The molecule has 0 aliphatic heterocycles. The maximum atomic E-state index is 12.2. The molecule has 0 radical (unpaired) electrons. The minimum atomic E-state index is -1.10. The zero-order valence-electron chi connectivity index (χ0n) is 13.5. The number of nitrogens with two attached hydrogens (primary N) is 1. The summed E-state index contributed by atoms with van der Waals surface area (Å²) in [6, 6.07) is 7.51. The van der Waals surface area contributed by atoms with Crippen LogP contribution in [0.15, 0.2) is 54.1 Å². The molecule has 1 amide bonds. The molecule has 7 heteroatoms. The molecule has 3 atom stereocenters. The van der Waals surface area contributed by atoms with E-state index in [0.717, 1.165) is 11.1 Å². The third kappa shape index (κ3) is 6.30. The molecule has 0 bridgehead atoms. The Hall–Kier alpha value is -1.63. The molecule has 1 aliphatic rings. The van der Waals surface area contributed by atoms with Gasteiger partial charge in [0.1, 0.15) is 9.83 Å². The standard InChI is InChI=1S/C18H20BrClN2O3/c19-18(20)8-6-13(7-9-18)11-15(17(24)25)22-16(23)14(21)10-12-4-2-1-3-5-12/h1-8,14-15H,9-11,21H2,(H,22,23)(H,24,25)/t14-,15-,18?/m0/s1. The van der Waals surface area contributed by atoms with Gasteiger partial charge < -0.3 is 16.2 Å². The van der Waals surface area contributed by atoms with Gasteiger partial charge in [-0.3, -0.25) is 4.79 Å². The van der Waals surface area contributed by atoms with E-state index in [1.165, 1.54) is 0 Å². The van der Waals surface area contributed by atoms with Crippen molar-refractivity contribution in [1.82, 2.24) is 5.32 Å². The molecule has 1 unspecified atom stereocenters. The average Bonchev–Trinajstić information content (AvgIpc) is 2.56. The van der Waals surface area contributed by atoms with E-state index in [2.05, 4.69) is 21.2 Å². The van der Waals surface area contributed by atoms with Crippen LogP contribution in [0.25, 0.3) is 0 Å². The fourth-order valence-electron chi connectivity index (χ4n) is 2.46. The predicted molar refractivity (Wildman–Crippen MR) is 102 cm³/mol. The Kier molecular flexibility index (Phi) is 6.81. The quantitative estimate of drug-likeness (QED) is 0.583. The lowest BCUT2D eigenvalue weighted by atomic mass is 9.99. The van der Waals surface area contributed by atoms with Gasteiger partial charge in [-0.05, 0) is 24.0 Å². The van der Waals surface area contributed by atoms with Crippen LogP contribution in [0.4, 0.5) is 0 Å². The summed E-state index contributed by atoms with van der Waals surface area (Å²) in [4.78, 5) is 23.7. The van der Waals surface area contributed by atoms with Crippen LogP contribution in [-0.2, 0) is 16.0 Å². The van der Waals surface area contributed by atoms with Gasteiger partial charge in [0.05, 0.1) is 6.04 Å². The van der Waals surface area contributed by atoms with Crippen molar-refractivity contribution in [3.63, 3.8) is 0 Å². The first kappa shape index (κ1) is 19.7. The summed E-state index contributed by atoms with van der Waals surface area (Å²) in [6.45, 7) is 0. The minimum absolute atomic E-state index is 0.176. The van der Waals surface area contributed by atoms with Crippen molar-refractivity contribution >= 4 is 39.4 Å². The van der Waals surface area contributed by atoms with E-state index in [9.17, 15) is 14.7 Å². The highest BCUT2D eigenvalue weighted by Crippen LogP contribution is 2.34. The van der Waals surface area contributed by atoms with Crippen LogP contribution in [0.5, 0.6) is 0 Å². The molecule has 25 heavy (non-hydrogen) atoms. The fraction of sp³-hybridized carbons (Fsp3) is 0.333. The lowest BCUT2D eigenvalue weighted by Crippen LogP contribution is -2.49. The number of benzene rings is 1. The number of allylic oxidation sites excluding steroid dienone is 3. The van der Waals surface area contributed by atoms with Crippen molar-refractivity contribution in [3.05, 3.63) is 59.7 Å². The Morgan fingerprint density at radius 3 is 2.56 bits per heavy atom. The number of carboxylic acid groups (broad SMARTS) is 1. The highest BCUT2D eigenvalue weighted by atomic mass is 79.9. The molecule has 1 aromatic rings. The smallest absolute Gasteiger partial charge is 0.326 e. The summed E-state index contributed by atoms with van der Waals surface area (Å²) in [6.07, 6.45) is 6.43. The molecular formula is C18H20BrClN2O3. The van der Waals surface area contributed by atoms with Crippen molar-refractivity contribution in [2.45, 2.75) is 35.1 Å². The molecule has 2 rings (SSSR count). The second-order valence-electron chi connectivity index (χ2n) is 5.98. The molecule has 0 aromatic heterocycles. The molecule has 4 N–H and O–H groups in total. The molecule has 0 saturated carbocycles. The van der Waals surface area contributed by atoms with Gasteiger partial charge in [-0.25, -0.2) is 4.79 Å². The molecule has 0 spiro atoms. The molecule has 0 fully saturated rings. The number of amides is 1. The zero-order valence-corrected chi connectivity index (χ0v) is 15.8. The Morgan fingerprint density at radius 1 is 1.32 bits per heavy atom. The summed E-state index contributed by atoms with van der Waals surface area (Å²) in [5.41, 5.74) is 7.64. The zero-order chi connectivity index (χ0) is 18.4. The van der Waals surface area contributed by atoms with Gasteiger partial charge in [0.2, 0.25) is 5.91 Å². The van der Waals surface area contributed by atoms with Gasteiger partial charge in [-0.1, -0.05) is 64.5 Å². The van der Waals surface area contributed by atoms with E-state index in [1.807, 2.05) is 36.4 Å². The molecule has 1 aliphatic carbocycles. The summed E-state index contributed by atoms with van der Waals surface area (Å²) in [5.74, 6) is -1.58. The number of halogens is 2. The maximum Gasteiger partial charge on any atom is 0.326 e. The van der Waals surface area contributed by atoms with Crippen molar-refractivity contribution in [1.29, 1.82) is 0 Å².